The van der Waals surface area contributed by atoms with E-state index in [1.54, 1.807) is 0 Å². The predicted molar refractivity (Wildman–Crippen MR) is 98.9 cm³/mol. The van der Waals surface area contributed by atoms with E-state index < -0.39 is 9.84 Å². The minimum atomic E-state index is -3.03. The standard InChI is InChI=1S/C19H20N2O3S/c1-13-18(11-15-7-4-6-14-5-2-3-8-17(14)15)19(22)21(20-13)16-9-10-25(23,24)12-16/h2-8,16,20H,9-12H2,1H3/t16-/m1/s1. The van der Waals surface area contributed by atoms with Gasteiger partial charge in [0.05, 0.1) is 17.5 Å². The molecule has 25 heavy (non-hydrogen) atoms. The smallest absolute Gasteiger partial charge is 0.270 e. The summed E-state index contributed by atoms with van der Waals surface area (Å²) >= 11 is 0. The van der Waals surface area contributed by atoms with Gasteiger partial charge < -0.3 is 0 Å². The zero-order valence-electron chi connectivity index (χ0n) is 14.0. The highest BCUT2D eigenvalue weighted by Gasteiger charge is 2.31. The summed E-state index contributed by atoms with van der Waals surface area (Å²) in [6.45, 7) is 1.88. The Kier molecular flexibility index (Phi) is 3.80. The van der Waals surface area contributed by atoms with E-state index in [0.717, 1.165) is 22.0 Å². The molecule has 4 rings (SSSR count). The molecule has 1 N–H and O–H groups in total. The molecule has 2 aromatic carbocycles. The Morgan fingerprint density at radius 1 is 1.16 bits per heavy atom. The van der Waals surface area contributed by atoms with Crippen LogP contribution in [0.4, 0.5) is 0 Å². The molecular weight excluding hydrogens is 336 g/mol. The number of aromatic amines is 1. The van der Waals surface area contributed by atoms with Crippen LogP contribution in [0.5, 0.6) is 0 Å². The molecule has 1 fully saturated rings. The van der Waals surface area contributed by atoms with Crippen molar-refractivity contribution in [3.8, 4) is 0 Å². The molecule has 0 amide bonds. The van der Waals surface area contributed by atoms with Crippen molar-refractivity contribution in [3.05, 3.63) is 69.6 Å². The van der Waals surface area contributed by atoms with Gasteiger partial charge in [0.2, 0.25) is 0 Å². The molecule has 5 nitrogen and oxygen atoms in total. The SMILES string of the molecule is Cc1[nH]n([C@@H]2CCS(=O)(=O)C2)c(=O)c1Cc1cccc2ccccc12. The number of nitrogens with zero attached hydrogens (tertiary/aromatic N) is 1. The second-order valence-electron chi connectivity index (χ2n) is 6.76. The van der Waals surface area contributed by atoms with E-state index in [4.69, 9.17) is 0 Å². The maximum absolute atomic E-state index is 12.9. The number of H-pyrrole nitrogens is 1. The van der Waals surface area contributed by atoms with Gasteiger partial charge in [-0.3, -0.25) is 9.89 Å². The summed E-state index contributed by atoms with van der Waals surface area (Å²) in [6, 6.07) is 13.9. The Hall–Kier alpha value is -2.34. The second kappa shape index (κ2) is 5.88. The number of rotatable bonds is 3. The number of aromatic nitrogens is 2. The molecule has 0 bridgehead atoms. The first-order chi connectivity index (χ1) is 11.9. The molecular formula is C19H20N2O3S. The zero-order chi connectivity index (χ0) is 17.6. The summed E-state index contributed by atoms with van der Waals surface area (Å²) in [6.07, 6.45) is 1.03. The third kappa shape index (κ3) is 2.91. The van der Waals surface area contributed by atoms with Crippen molar-refractivity contribution in [1.29, 1.82) is 0 Å². The maximum atomic E-state index is 12.9. The van der Waals surface area contributed by atoms with E-state index in [1.807, 2.05) is 31.2 Å². The lowest BCUT2D eigenvalue weighted by Crippen LogP contribution is -2.25. The molecule has 2 heterocycles. The van der Waals surface area contributed by atoms with Crippen LogP contribution in [0.3, 0.4) is 0 Å². The third-order valence-corrected chi connectivity index (χ3v) is 6.79. The molecule has 1 aliphatic heterocycles. The van der Waals surface area contributed by atoms with Gasteiger partial charge in [0.15, 0.2) is 9.84 Å². The summed E-state index contributed by atoms with van der Waals surface area (Å²) in [5, 5.41) is 5.39. The summed E-state index contributed by atoms with van der Waals surface area (Å²) in [4.78, 5) is 12.9. The topological polar surface area (TPSA) is 71.9 Å². The largest absolute Gasteiger partial charge is 0.299 e. The maximum Gasteiger partial charge on any atom is 0.270 e. The fourth-order valence-corrected chi connectivity index (χ4v) is 5.39. The molecule has 3 aromatic rings. The van der Waals surface area contributed by atoms with Crippen molar-refractivity contribution >= 4 is 20.6 Å². The Labute approximate surface area is 146 Å². The Morgan fingerprint density at radius 3 is 2.68 bits per heavy atom. The summed E-state index contributed by atoms with van der Waals surface area (Å²) < 4.78 is 25.0. The normalized spacial score (nSPS) is 19.5. The van der Waals surface area contributed by atoms with Crippen LogP contribution < -0.4 is 5.56 Å². The summed E-state index contributed by atoms with van der Waals surface area (Å²) in [5.74, 6) is 0.196. The molecule has 0 spiro atoms. The molecule has 0 aliphatic carbocycles. The molecule has 0 saturated carbocycles. The molecule has 6 heteroatoms. The van der Waals surface area contributed by atoms with Crippen LogP contribution in [0.15, 0.2) is 47.3 Å². The fraction of sp³-hybridized carbons (Fsp3) is 0.316. The van der Waals surface area contributed by atoms with Gasteiger partial charge in [-0.15, -0.1) is 0 Å². The van der Waals surface area contributed by atoms with E-state index in [9.17, 15) is 13.2 Å². The monoisotopic (exact) mass is 356 g/mol. The first-order valence-corrected chi connectivity index (χ1v) is 10.2. The van der Waals surface area contributed by atoms with Crippen molar-refractivity contribution in [2.24, 2.45) is 0 Å². The number of sulfone groups is 1. The second-order valence-corrected chi connectivity index (χ2v) is 8.99. The zero-order valence-corrected chi connectivity index (χ0v) is 14.8. The molecule has 1 atom stereocenters. The van der Waals surface area contributed by atoms with Crippen molar-refractivity contribution < 1.29 is 8.42 Å². The van der Waals surface area contributed by atoms with Crippen LogP contribution in [-0.4, -0.2) is 29.7 Å². The van der Waals surface area contributed by atoms with Gasteiger partial charge in [-0.05, 0) is 29.7 Å². The third-order valence-electron chi connectivity index (χ3n) is 5.04. The molecule has 0 radical (unpaired) electrons. The molecule has 0 unspecified atom stereocenters. The number of aryl methyl sites for hydroxylation is 1. The number of benzene rings is 2. The van der Waals surface area contributed by atoms with Gasteiger partial charge in [-0.1, -0.05) is 42.5 Å². The Morgan fingerprint density at radius 2 is 1.92 bits per heavy atom. The fourth-order valence-electron chi connectivity index (χ4n) is 3.69. The van der Waals surface area contributed by atoms with Gasteiger partial charge in [0.1, 0.15) is 0 Å². The number of nitrogens with one attached hydrogen (secondary N) is 1. The van der Waals surface area contributed by atoms with Crippen molar-refractivity contribution in [1.82, 2.24) is 9.78 Å². The average molecular weight is 356 g/mol. The van der Waals surface area contributed by atoms with E-state index in [-0.39, 0.29) is 23.1 Å². The van der Waals surface area contributed by atoms with E-state index in [2.05, 4.69) is 23.3 Å². The van der Waals surface area contributed by atoms with E-state index in [0.29, 0.717) is 18.4 Å². The Bertz CT molecular complexity index is 1100. The first kappa shape index (κ1) is 16.1. The van der Waals surface area contributed by atoms with Crippen LogP contribution in [0, 0.1) is 6.92 Å². The van der Waals surface area contributed by atoms with Crippen LogP contribution in [0.2, 0.25) is 0 Å². The van der Waals surface area contributed by atoms with Crippen LogP contribution in [-0.2, 0) is 16.3 Å². The summed E-state index contributed by atoms with van der Waals surface area (Å²) in [7, 11) is -3.03. The van der Waals surface area contributed by atoms with E-state index in [1.165, 1.54) is 4.68 Å². The highest BCUT2D eigenvalue weighted by Crippen LogP contribution is 2.24. The van der Waals surface area contributed by atoms with Crippen LogP contribution >= 0.6 is 0 Å². The lowest BCUT2D eigenvalue weighted by atomic mass is 9.99. The van der Waals surface area contributed by atoms with E-state index >= 15 is 0 Å². The molecule has 1 saturated heterocycles. The lowest BCUT2D eigenvalue weighted by molar-refractivity contribution is 0.483. The van der Waals surface area contributed by atoms with Gasteiger partial charge in [0, 0.05) is 17.7 Å². The number of fused-ring (bicyclic) bond motifs is 1. The van der Waals surface area contributed by atoms with Crippen LogP contribution in [0.25, 0.3) is 10.8 Å². The minimum absolute atomic E-state index is 0.0422. The summed E-state index contributed by atoms with van der Waals surface area (Å²) in [5.41, 5.74) is 2.51. The minimum Gasteiger partial charge on any atom is -0.299 e. The molecule has 1 aromatic heterocycles. The quantitative estimate of drug-likeness (QED) is 0.784. The predicted octanol–water partition coefficient (Wildman–Crippen LogP) is 2.59. The van der Waals surface area contributed by atoms with Gasteiger partial charge in [-0.25, -0.2) is 13.1 Å². The molecule has 1 aliphatic rings. The Balaban J connectivity index is 1.73. The van der Waals surface area contributed by atoms with Crippen molar-refractivity contribution in [3.63, 3.8) is 0 Å². The lowest BCUT2D eigenvalue weighted by Gasteiger charge is -2.08. The van der Waals surface area contributed by atoms with Gasteiger partial charge >= 0.3 is 0 Å². The number of hydrogen-bond acceptors (Lipinski definition) is 3. The van der Waals surface area contributed by atoms with Crippen molar-refractivity contribution in [2.75, 3.05) is 11.5 Å². The van der Waals surface area contributed by atoms with Crippen molar-refractivity contribution in [2.45, 2.75) is 25.8 Å². The van der Waals surface area contributed by atoms with Gasteiger partial charge in [-0.2, -0.15) is 0 Å². The van der Waals surface area contributed by atoms with Crippen LogP contribution in [0.1, 0.15) is 29.3 Å². The average Bonchev–Trinajstić information content (AvgIpc) is 3.08. The first-order valence-electron chi connectivity index (χ1n) is 8.42. The molecule has 130 valence electrons. The highest BCUT2D eigenvalue weighted by molar-refractivity contribution is 7.91. The highest BCUT2D eigenvalue weighted by atomic mass is 32.2. The number of hydrogen-bond donors (Lipinski definition) is 1. The van der Waals surface area contributed by atoms with Gasteiger partial charge in [0.25, 0.3) is 5.56 Å².